The zero-order valence-corrected chi connectivity index (χ0v) is 11.9. The molecule has 0 aliphatic carbocycles. The molecule has 0 saturated carbocycles. The maximum atomic E-state index is 8.17. The summed E-state index contributed by atoms with van der Waals surface area (Å²) in [4.78, 5) is 7.50. The van der Waals surface area contributed by atoms with Gasteiger partial charge in [0.2, 0.25) is 0 Å². The second-order valence-electron chi connectivity index (χ2n) is 2.27. The van der Waals surface area contributed by atoms with Crippen LogP contribution >= 0.6 is 0 Å². The average molecular weight is 325 g/mol. The molecule has 4 heteroatoms. The van der Waals surface area contributed by atoms with E-state index in [0.29, 0.717) is 0 Å². The van der Waals surface area contributed by atoms with Crippen molar-refractivity contribution in [1.82, 2.24) is 0 Å². The first kappa shape index (κ1) is 25.1. The van der Waals surface area contributed by atoms with Gasteiger partial charge in [0.25, 0.3) is 6.79 Å². The molecule has 0 atom stereocenters. The first-order chi connectivity index (χ1) is 7.83. The molecule has 0 saturated heterocycles. The van der Waals surface area contributed by atoms with E-state index < -0.39 is 0 Å². The van der Waals surface area contributed by atoms with Crippen LogP contribution in [-0.2, 0) is 24.3 Å². The van der Waals surface area contributed by atoms with Crippen molar-refractivity contribution in [1.29, 1.82) is 0 Å². The van der Waals surface area contributed by atoms with Crippen LogP contribution in [0.4, 0.5) is 0 Å². The molecular weight excluding hydrogens is 305 g/mol. The first-order valence-corrected chi connectivity index (χ1v) is 4.81. The fraction of sp³-hybridized carbons (Fsp3) is 0.308. The second kappa shape index (κ2) is 36.2. The quantitative estimate of drug-likeness (QED) is 0.612. The maximum absolute atomic E-state index is 8.17. The van der Waals surface area contributed by atoms with Gasteiger partial charge in [-0.25, -0.2) is 0 Å². The zero-order valence-electron chi connectivity index (χ0n) is 10.2. The minimum atomic E-state index is 0. The molecule has 2 N–H and O–H groups in total. The van der Waals surface area contributed by atoms with Crippen molar-refractivity contribution in [2.45, 2.75) is 13.8 Å². The SMILES string of the molecule is CC=CC=CCO.CC=CC=CCO.[C]=O.[Ru]. The summed E-state index contributed by atoms with van der Waals surface area (Å²) in [6.07, 6.45) is 14.5. The van der Waals surface area contributed by atoms with Crippen molar-refractivity contribution in [2.24, 2.45) is 0 Å². The largest absolute Gasteiger partial charge is 0.392 e. The van der Waals surface area contributed by atoms with Crippen LogP contribution in [0.1, 0.15) is 13.8 Å². The van der Waals surface area contributed by atoms with Crippen molar-refractivity contribution in [3.8, 4) is 0 Å². The standard InChI is InChI=1S/2C6H10O.CO.Ru/c2*1-2-3-4-5-6-7;1-2;/h2*2-5,7H,6H2,1H3;;. The van der Waals surface area contributed by atoms with Crippen LogP contribution in [0.25, 0.3) is 0 Å². The minimum absolute atomic E-state index is 0. The van der Waals surface area contributed by atoms with Crippen molar-refractivity contribution < 1.29 is 34.5 Å². The van der Waals surface area contributed by atoms with Gasteiger partial charge in [-0.15, -0.1) is 0 Å². The maximum Gasteiger partial charge on any atom is 0.281 e. The van der Waals surface area contributed by atoms with Crippen molar-refractivity contribution in [3.63, 3.8) is 0 Å². The third-order valence-electron chi connectivity index (χ3n) is 1.09. The van der Waals surface area contributed by atoms with Gasteiger partial charge in [-0.3, -0.25) is 4.79 Å². The van der Waals surface area contributed by atoms with Gasteiger partial charge in [0.15, 0.2) is 0 Å². The number of aliphatic hydroxyl groups is 2. The van der Waals surface area contributed by atoms with E-state index in [1.807, 2.05) is 38.2 Å². The molecule has 0 heterocycles. The summed E-state index contributed by atoms with van der Waals surface area (Å²) in [6.45, 7) is 8.62. The summed E-state index contributed by atoms with van der Waals surface area (Å²) < 4.78 is 0. The molecule has 0 rings (SSSR count). The molecule has 0 fully saturated rings. The summed E-state index contributed by atoms with van der Waals surface area (Å²) in [5.41, 5.74) is 0. The number of aliphatic hydroxyl groups excluding tert-OH is 2. The molecular formula is C13H20O3Ru. The van der Waals surface area contributed by atoms with Gasteiger partial charge < -0.3 is 10.2 Å². The summed E-state index contributed by atoms with van der Waals surface area (Å²) in [5.74, 6) is 0. The Morgan fingerprint density at radius 3 is 1.29 bits per heavy atom. The van der Waals surface area contributed by atoms with Gasteiger partial charge in [-0.1, -0.05) is 48.6 Å². The zero-order chi connectivity index (χ0) is 13.1. The Labute approximate surface area is 117 Å². The fourth-order valence-corrected chi connectivity index (χ4v) is 0.501. The van der Waals surface area contributed by atoms with Crippen molar-refractivity contribution >= 4 is 6.79 Å². The van der Waals surface area contributed by atoms with E-state index in [2.05, 4.69) is 6.79 Å². The molecule has 2 radical (unpaired) electrons. The molecule has 0 spiro atoms. The van der Waals surface area contributed by atoms with Gasteiger partial charge in [0.1, 0.15) is 0 Å². The molecule has 3 nitrogen and oxygen atoms in total. The normalized spacial score (nSPS) is 9.88. The van der Waals surface area contributed by atoms with Gasteiger partial charge in [0.05, 0.1) is 13.2 Å². The number of hydrogen-bond acceptors (Lipinski definition) is 3. The molecule has 17 heavy (non-hydrogen) atoms. The van der Waals surface area contributed by atoms with Crippen LogP contribution in [0.5, 0.6) is 0 Å². The van der Waals surface area contributed by atoms with Crippen LogP contribution in [0.2, 0.25) is 0 Å². The average Bonchev–Trinajstić information content (AvgIpc) is 2.34. The third kappa shape index (κ3) is 51.2. The molecule has 0 unspecified atom stereocenters. The topological polar surface area (TPSA) is 57.5 Å². The van der Waals surface area contributed by atoms with E-state index in [9.17, 15) is 0 Å². The summed E-state index contributed by atoms with van der Waals surface area (Å²) in [6, 6.07) is 0. The Balaban J connectivity index is -0.0000000823. The minimum Gasteiger partial charge on any atom is -0.392 e. The monoisotopic (exact) mass is 326 g/mol. The fourth-order valence-electron chi connectivity index (χ4n) is 0.501. The molecule has 0 aliphatic rings. The molecule has 0 bridgehead atoms. The van der Waals surface area contributed by atoms with Crippen LogP contribution < -0.4 is 0 Å². The smallest absolute Gasteiger partial charge is 0.281 e. The number of rotatable bonds is 4. The Morgan fingerprint density at radius 2 is 1.12 bits per heavy atom. The number of allylic oxidation sites excluding steroid dienone is 6. The van der Waals surface area contributed by atoms with Crippen LogP contribution in [0.15, 0.2) is 48.6 Å². The van der Waals surface area contributed by atoms with E-state index in [-0.39, 0.29) is 32.7 Å². The van der Waals surface area contributed by atoms with Gasteiger partial charge in [-0.05, 0) is 13.8 Å². The molecule has 0 aromatic carbocycles. The predicted octanol–water partition coefficient (Wildman–Crippen LogP) is 1.82. The number of carbonyl (C=O) groups excluding carboxylic acids is 1. The van der Waals surface area contributed by atoms with Crippen LogP contribution in [0.3, 0.4) is 0 Å². The molecule has 0 aromatic rings. The van der Waals surface area contributed by atoms with Gasteiger partial charge in [0, 0.05) is 19.5 Å². The summed E-state index contributed by atoms with van der Waals surface area (Å²) in [7, 11) is 0. The molecule has 0 aliphatic heterocycles. The Bertz CT molecular complexity index is 187. The Kier molecular flexibility index (Phi) is 53.5. The summed E-state index contributed by atoms with van der Waals surface area (Å²) in [5, 5.41) is 16.3. The Morgan fingerprint density at radius 1 is 0.824 bits per heavy atom. The van der Waals surface area contributed by atoms with Crippen LogP contribution in [-0.4, -0.2) is 30.2 Å². The molecule has 98 valence electrons. The van der Waals surface area contributed by atoms with Gasteiger partial charge in [-0.2, -0.15) is 0 Å². The van der Waals surface area contributed by atoms with Crippen molar-refractivity contribution in [2.75, 3.05) is 13.2 Å². The van der Waals surface area contributed by atoms with E-state index in [4.69, 9.17) is 15.0 Å². The molecule has 0 aromatic heterocycles. The van der Waals surface area contributed by atoms with Crippen molar-refractivity contribution in [3.05, 3.63) is 48.6 Å². The van der Waals surface area contributed by atoms with E-state index in [1.165, 1.54) is 0 Å². The summed E-state index contributed by atoms with van der Waals surface area (Å²) >= 11 is 0. The second-order valence-corrected chi connectivity index (χ2v) is 2.27. The van der Waals surface area contributed by atoms with E-state index in [0.717, 1.165) is 0 Å². The third-order valence-corrected chi connectivity index (χ3v) is 1.09. The number of hydrogen-bond donors (Lipinski definition) is 2. The molecule has 0 amide bonds. The van der Waals surface area contributed by atoms with Crippen LogP contribution in [0, 0.1) is 0 Å². The van der Waals surface area contributed by atoms with Gasteiger partial charge >= 0.3 is 0 Å². The van der Waals surface area contributed by atoms with E-state index in [1.54, 1.807) is 24.3 Å². The first-order valence-electron chi connectivity index (χ1n) is 4.81. The van der Waals surface area contributed by atoms with E-state index >= 15 is 0 Å². The Hall–Kier alpha value is -0.827. The predicted molar refractivity (Wildman–Crippen MR) is 67.8 cm³/mol.